The van der Waals surface area contributed by atoms with E-state index in [0.29, 0.717) is 0 Å². The zero-order chi connectivity index (χ0) is 17.8. The molecule has 25 heavy (non-hydrogen) atoms. The van der Waals surface area contributed by atoms with Gasteiger partial charge in [-0.05, 0) is 38.1 Å². The van der Waals surface area contributed by atoms with E-state index in [9.17, 15) is 4.39 Å². The van der Waals surface area contributed by atoms with Gasteiger partial charge >= 0.3 is 0 Å². The second kappa shape index (κ2) is 7.84. The Kier molecular flexibility index (Phi) is 5.55. The van der Waals surface area contributed by atoms with Gasteiger partial charge in [0.1, 0.15) is 5.82 Å². The summed E-state index contributed by atoms with van der Waals surface area (Å²) in [5.41, 5.74) is 4.13. The van der Waals surface area contributed by atoms with Crippen LogP contribution < -0.4 is 5.32 Å². The Labute approximate surface area is 151 Å². The molecule has 0 radical (unpaired) electrons. The Morgan fingerprint density at radius 3 is 2.64 bits per heavy atom. The summed E-state index contributed by atoms with van der Waals surface area (Å²) in [4.78, 5) is 4.30. The summed E-state index contributed by atoms with van der Waals surface area (Å²) in [6, 6.07) is 6.40. The number of nitrogens with one attached hydrogen (secondary N) is 1. The lowest BCUT2D eigenvalue weighted by atomic mass is 10.2. The van der Waals surface area contributed by atoms with Crippen molar-refractivity contribution in [3.05, 3.63) is 59.4 Å². The Morgan fingerprint density at radius 1 is 1.20 bits per heavy atom. The van der Waals surface area contributed by atoms with Gasteiger partial charge in [0, 0.05) is 49.5 Å². The number of aromatic nitrogens is 4. The van der Waals surface area contributed by atoms with Crippen molar-refractivity contribution < 1.29 is 4.39 Å². The van der Waals surface area contributed by atoms with Crippen LogP contribution in [0.1, 0.15) is 17.0 Å². The molecule has 0 saturated carbocycles. The van der Waals surface area contributed by atoms with Crippen molar-refractivity contribution in [2.24, 2.45) is 7.05 Å². The standard InChI is InChI=1S/C18H22FN5S/c1-13-17(12-20-9-11-25-18-21-8-10-23(18)3)14(2)24(22-13)16-6-4-15(19)5-7-16/h4-8,10,20H,9,11-12H2,1-3H3. The van der Waals surface area contributed by atoms with E-state index in [-0.39, 0.29) is 5.82 Å². The first-order valence-corrected chi connectivity index (χ1v) is 9.16. The summed E-state index contributed by atoms with van der Waals surface area (Å²) in [7, 11) is 2.00. The molecule has 0 unspecified atom stereocenters. The van der Waals surface area contributed by atoms with Crippen LogP contribution >= 0.6 is 11.8 Å². The number of nitrogens with zero attached hydrogens (tertiary/aromatic N) is 4. The molecule has 0 aliphatic heterocycles. The van der Waals surface area contributed by atoms with Gasteiger partial charge in [0.25, 0.3) is 0 Å². The second-order valence-electron chi connectivity index (χ2n) is 5.88. The van der Waals surface area contributed by atoms with Gasteiger partial charge < -0.3 is 9.88 Å². The number of aryl methyl sites for hydroxylation is 2. The molecule has 3 rings (SSSR count). The quantitative estimate of drug-likeness (QED) is 0.520. The fraction of sp³-hybridized carbons (Fsp3) is 0.333. The fourth-order valence-electron chi connectivity index (χ4n) is 2.68. The highest BCUT2D eigenvalue weighted by molar-refractivity contribution is 7.99. The predicted molar refractivity (Wildman–Crippen MR) is 98.6 cm³/mol. The summed E-state index contributed by atoms with van der Waals surface area (Å²) in [6.07, 6.45) is 3.76. The first kappa shape index (κ1) is 17.7. The molecule has 5 nitrogen and oxygen atoms in total. The highest BCUT2D eigenvalue weighted by atomic mass is 32.2. The molecule has 1 aromatic carbocycles. The maximum atomic E-state index is 13.1. The highest BCUT2D eigenvalue weighted by Crippen LogP contribution is 2.18. The van der Waals surface area contributed by atoms with Gasteiger partial charge in [-0.15, -0.1) is 0 Å². The highest BCUT2D eigenvalue weighted by Gasteiger charge is 2.12. The fourth-order valence-corrected chi connectivity index (χ4v) is 3.51. The maximum absolute atomic E-state index is 13.1. The van der Waals surface area contributed by atoms with Gasteiger partial charge in [-0.3, -0.25) is 0 Å². The van der Waals surface area contributed by atoms with E-state index in [2.05, 4.69) is 15.4 Å². The second-order valence-corrected chi connectivity index (χ2v) is 6.95. The molecule has 3 aromatic rings. The van der Waals surface area contributed by atoms with Crippen molar-refractivity contribution in [3.63, 3.8) is 0 Å². The lowest BCUT2D eigenvalue weighted by molar-refractivity contribution is 0.627. The van der Waals surface area contributed by atoms with Crippen LogP contribution in [0, 0.1) is 19.7 Å². The van der Waals surface area contributed by atoms with Gasteiger partial charge in [0.15, 0.2) is 5.16 Å². The van der Waals surface area contributed by atoms with E-state index in [1.165, 1.54) is 17.7 Å². The average Bonchev–Trinajstić information content (AvgIpc) is 3.12. The van der Waals surface area contributed by atoms with Crippen molar-refractivity contribution in [1.82, 2.24) is 24.6 Å². The number of benzene rings is 1. The maximum Gasteiger partial charge on any atom is 0.167 e. The molecule has 132 valence electrons. The van der Waals surface area contributed by atoms with Crippen LogP contribution in [0.5, 0.6) is 0 Å². The largest absolute Gasteiger partial charge is 0.329 e. The van der Waals surface area contributed by atoms with Crippen LogP contribution in [0.3, 0.4) is 0 Å². The van der Waals surface area contributed by atoms with Crippen LogP contribution in [-0.4, -0.2) is 31.6 Å². The summed E-state index contributed by atoms with van der Waals surface area (Å²) in [6.45, 7) is 5.70. The molecule has 0 aliphatic carbocycles. The van der Waals surface area contributed by atoms with Crippen LogP contribution in [0.25, 0.3) is 5.69 Å². The molecular formula is C18H22FN5S. The van der Waals surface area contributed by atoms with Crippen LogP contribution in [0.15, 0.2) is 41.8 Å². The summed E-state index contributed by atoms with van der Waals surface area (Å²) in [5.74, 6) is 0.715. The SMILES string of the molecule is Cc1nn(-c2ccc(F)cc2)c(C)c1CNCCSc1nccn1C. The lowest BCUT2D eigenvalue weighted by Gasteiger charge is -2.07. The first-order chi connectivity index (χ1) is 12.1. The molecule has 0 aliphatic rings. The Morgan fingerprint density at radius 2 is 1.96 bits per heavy atom. The predicted octanol–water partition coefficient (Wildman–Crippen LogP) is 3.24. The lowest BCUT2D eigenvalue weighted by Crippen LogP contribution is -2.17. The first-order valence-electron chi connectivity index (χ1n) is 8.18. The third-order valence-corrected chi connectivity index (χ3v) is 5.16. The molecule has 0 saturated heterocycles. The molecule has 1 N–H and O–H groups in total. The van der Waals surface area contributed by atoms with Crippen LogP contribution in [-0.2, 0) is 13.6 Å². The number of halogens is 1. The Bertz CT molecular complexity index is 838. The third-order valence-electron chi connectivity index (χ3n) is 4.10. The summed E-state index contributed by atoms with van der Waals surface area (Å²) < 4.78 is 17.0. The van der Waals surface area contributed by atoms with E-state index >= 15 is 0 Å². The number of hydrogen-bond acceptors (Lipinski definition) is 4. The number of imidazole rings is 1. The zero-order valence-electron chi connectivity index (χ0n) is 14.7. The number of rotatable bonds is 7. The van der Waals surface area contributed by atoms with Crippen molar-refractivity contribution in [2.75, 3.05) is 12.3 Å². The van der Waals surface area contributed by atoms with E-state index in [0.717, 1.165) is 41.1 Å². The van der Waals surface area contributed by atoms with E-state index in [4.69, 9.17) is 0 Å². The monoisotopic (exact) mass is 359 g/mol. The van der Waals surface area contributed by atoms with Gasteiger partial charge in [0.05, 0.1) is 11.4 Å². The molecule has 2 aromatic heterocycles. The molecule has 0 spiro atoms. The Hall–Kier alpha value is -2.12. The smallest absolute Gasteiger partial charge is 0.167 e. The van der Waals surface area contributed by atoms with Gasteiger partial charge in [-0.25, -0.2) is 14.1 Å². The van der Waals surface area contributed by atoms with E-state index in [1.807, 2.05) is 42.5 Å². The normalized spacial score (nSPS) is 11.2. The number of thioether (sulfide) groups is 1. The molecule has 0 fully saturated rings. The van der Waals surface area contributed by atoms with E-state index < -0.39 is 0 Å². The van der Waals surface area contributed by atoms with Gasteiger partial charge in [-0.1, -0.05) is 11.8 Å². The average molecular weight is 359 g/mol. The van der Waals surface area contributed by atoms with Crippen LogP contribution in [0.4, 0.5) is 4.39 Å². The molecule has 7 heteroatoms. The topological polar surface area (TPSA) is 47.7 Å². The summed E-state index contributed by atoms with van der Waals surface area (Å²) >= 11 is 1.73. The van der Waals surface area contributed by atoms with Crippen LogP contribution in [0.2, 0.25) is 0 Å². The van der Waals surface area contributed by atoms with Gasteiger partial charge in [0.2, 0.25) is 0 Å². The van der Waals surface area contributed by atoms with Crippen molar-refractivity contribution in [1.29, 1.82) is 0 Å². The van der Waals surface area contributed by atoms with E-state index in [1.54, 1.807) is 23.9 Å². The van der Waals surface area contributed by atoms with Crippen molar-refractivity contribution in [3.8, 4) is 5.69 Å². The minimum absolute atomic E-state index is 0.239. The molecule has 2 heterocycles. The third kappa shape index (κ3) is 4.11. The molecule has 0 atom stereocenters. The minimum Gasteiger partial charge on any atom is -0.329 e. The summed E-state index contributed by atoms with van der Waals surface area (Å²) in [5, 5.41) is 9.09. The van der Waals surface area contributed by atoms with Gasteiger partial charge in [-0.2, -0.15) is 5.10 Å². The molecule has 0 amide bonds. The van der Waals surface area contributed by atoms with Crippen molar-refractivity contribution >= 4 is 11.8 Å². The minimum atomic E-state index is -0.239. The Balaban J connectivity index is 1.57. The number of hydrogen-bond donors (Lipinski definition) is 1. The molecular weight excluding hydrogens is 337 g/mol. The van der Waals surface area contributed by atoms with Crippen molar-refractivity contribution in [2.45, 2.75) is 25.5 Å². The molecule has 0 bridgehead atoms. The zero-order valence-corrected chi connectivity index (χ0v) is 15.5.